The molecular formula is C31H28ClN5O5S. The van der Waals surface area contributed by atoms with Crippen LogP contribution >= 0.6 is 11.6 Å². The number of hydrogen-bond acceptors (Lipinski definition) is 8. The summed E-state index contributed by atoms with van der Waals surface area (Å²) in [5.74, 6) is 1.56. The highest BCUT2D eigenvalue weighted by Crippen LogP contribution is 2.38. The van der Waals surface area contributed by atoms with E-state index in [-0.39, 0.29) is 30.8 Å². The second kappa shape index (κ2) is 11.7. The van der Waals surface area contributed by atoms with E-state index in [1.165, 1.54) is 6.26 Å². The third kappa shape index (κ3) is 6.51. The van der Waals surface area contributed by atoms with Crippen LogP contribution in [-0.4, -0.2) is 59.9 Å². The molecule has 0 spiro atoms. The van der Waals surface area contributed by atoms with Gasteiger partial charge in [-0.2, -0.15) is 5.26 Å². The average Bonchev–Trinajstić information content (AvgIpc) is 3.39. The summed E-state index contributed by atoms with van der Waals surface area (Å²) in [6.45, 7) is 1.16. The number of benzene rings is 3. The van der Waals surface area contributed by atoms with Gasteiger partial charge >= 0.3 is 0 Å². The Bertz CT molecular complexity index is 1850. The number of nitriles is 1. The molecule has 0 aliphatic carbocycles. The number of fused-ring (bicyclic) bond motifs is 2. The molecule has 220 valence electrons. The summed E-state index contributed by atoms with van der Waals surface area (Å²) in [6.07, 6.45) is 5.02. The zero-order valence-electron chi connectivity index (χ0n) is 23.3. The highest BCUT2D eigenvalue weighted by atomic mass is 35.5. The summed E-state index contributed by atoms with van der Waals surface area (Å²) >= 11 is 6.40. The van der Waals surface area contributed by atoms with Crippen LogP contribution in [0.5, 0.6) is 23.0 Å². The van der Waals surface area contributed by atoms with Crippen LogP contribution in [0.4, 0.5) is 5.69 Å². The monoisotopic (exact) mass is 617 g/mol. The third-order valence-corrected chi connectivity index (χ3v) is 8.74. The summed E-state index contributed by atoms with van der Waals surface area (Å²) in [5, 5.41) is 10.2. The lowest BCUT2D eigenvalue weighted by molar-refractivity contribution is -0.122. The van der Waals surface area contributed by atoms with Gasteiger partial charge in [0.25, 0.3) is 0 Å². The predicted molar refractivity (Wildman–Crippen MR) is 161 cm³/mol. The molecule has 1 aromatic heterocycles. The molecule has 10 nitrogen and oxygen atoms in total. The first kappa shape index (κ1) is 28.7. The number of anilines is 1. The van der Waals surface area contributed by atoms with Crippen LogP contribution in [0.3, 0.4) is 0 Å². The van der Waals surface area contributed by atoms with Gasteiger partial charge in [0, 0.05) is 49.2 Å². The summed E-state index contributed by atoms with van der Waals surface area (Å²) in [7, 11) is -3.24. The summed E-state index contributed by atoms with van der Waals surface area (Å²) in [5.41, 5.74) is 2.62. The number of ether oxygens (including phenoxy) is 2. The van der Waals surface area contributed by atoms with Crippen molar-refractivity contribution in [3.8, 4) is 29.1 Å². The minimum absolute atomic E-state index is 0.0187. The minimum Gasteiger partial charge on any atom is -0.456 e. The molecule has 3 aromatic carbocycles. The molecule has 3 aliphatic rings. The van der Waals surface area contributed by atoms with Gasteiger partial charge in [0.1, 0.15) is 33.2 Å². The fourth-order valence-corrected chi connectivity index (χ4v) is 6.24. The number of nitrogens with zero attached hydrogens (tertiary/aromatic N) is 5. The third-order valence-electron chi connectivity index (χ3n) is 7.53. The van der Waals surface area contributed by atoms with E-state index in [0.717, 1.165) is 11.3 Å². The van der Waals surface area contributed by atoms with Gasteiger partial charge in [0.05, 0.1) is 35.6 Å². The fraction of sp³-hybridized carbons (Fsp3) is 0.258. The Morgan fingerprint density at radius 1 is 1.02 bits per heavy atom. The maximum Gasteiger partial charge on any atom is 0.241 e. The zero-order valence-corrected chi connectivity index (χ0v) is 24.9. The van der Waals surface area contributed by atoms with Crippen molar-refractivity contribution in [3.05, 3.63) is 95.0 Å². The lowest BCUT2D eigenvalue weighted by Gasteiger charge is -2.41. The van der Waals surface area contributed by atoms with E-state index in [9.17, 15) is 18.5 Å². The van der Waals surface area contributed by atoms with E-state index in [2.05, 4.69) is 11.1 Å². The minimum atomic E-state index is -3.24. The van der Waals surface area contributed by atoms with E-state index in [1.54, 1.807) is 66.0 Å². The highest BCUT2D eigenvalue weighted by Gasteiger charge is 2.35. The van der Waals surface area contributed by atoms with Crippen LogP contribution in [0.1, 0.15) is 23.2 Å². The number of halogens is 1. The standard InChI is InChI=1S/C31H28ClN5O5S/c1-43(39,40)10-9-24-18-37-28-12-23(32)7-8-29(28)41-26-3-2-4-27(13-26)42-30-11-21(5-6-22(30)14-33)16-36-20-34-15-25(36)17-35(24)19-31(37)38/h2-8,11-13,15,20,24H,9-10,16-19H2,1H3/t24-/m0/s1. The number of piperazine rings is 1. The van der Waals surface area contributed by atoms with Gasteiger partial charge in [0.2, 0.25) is 5.91 Å². The van der Waals surface area contributed by atoms with Crippen molar-refractivity contribution < 1.29 is 22.7 Å². The van der Waals surface area contributed by atoms with Gasteiger partial charge < -0.3 is 18.9 Å². The van der Waals surface area contributed by atoms with Gasteiger partial charge in [-0.3, -0.25) is 9.69 Å². The van der Waals surface area contributed by atoms with Crippen LogP contribution < -0.4 is 14.4 Å². The lowest BCUT2D eigenvalue weighted by Crippen LogP contribution is -2.56. The molecule has 2 atom stereocenters. The molecule has 3 aliphatic heterocycles. The highest BCUT2D eigenvalue weighted by molar-refractivity contribution is 7.90. The van der Waals surface area contributed by atoms with E-state index in [1.807, 2.05) is 21.6 Å². The van der Waals surface area contributed by atoms with Crippen molar-refractivity contribution in [1.82, 2.24) is 14.5 Å². The van der Waals surface area contributed by atoms with Crippen LogP contribution in [0, 0.1) is 11.3 Å². The summed E-state index contributed by atoms with van der Waals surface area (Å²) in [6, 6.07) is 19.4. The van der Waals surface area contributed by atoms with Crippen LogP contribution in [-0.2, 0) is 27.7 Å². The molecule has 0 radical (unpaired) electrons. The molecule has 0 saturated carbocycles. The molecule has 1 amide bonds. The first-order valence-corrected chi connectivity index (χ1v) is 16.1. The van der Waals surface area contributed by atoms with Gasteiger partial charge in [-0.1, -0.05) is 23.7 Å². The molecule has 7 rings (SSSR count). The largest absolute Gasteiger partial charge is 0.456 e. The number of imidazole rings is 1. The number of aromatic nitrogens is 2. The summed E-state index contributed by atoms with van der Waals surface area (Å²) < 4.78 is 38.8. The van der Waals surface area contributed by atoms with Crippen LogP contribution in [0.15, 0.2) is 73.2 Å². The van der Waals surface area contributed by atoms with Crippen molar-refractivity contribution >= 4 is 33.0 Å². The topological polar surface area (TPSA) is 118 Å². The first-order chi connectivity index (χ1) is 20.6. The second-order valence-corrected chi connectivity index (χ2v) is 13.4. The normalized spacial score (nSPS) is 18.3. The smallest absolute Gasteiger partial charge is 0.241 e. The Morgan fingerprint density at radius 2 is 1.81 bits per heavy atom. The lowest BCUT2D eigenvalue weighted by atomic mass is 10.1. The predicted octanol–water partition coefficient (Wildman–Crippen LogP) is 5.01. The van der Waals surface area contributed by atoms with E-state index in [0.29, 0.717) is 58.8 Å². The number of sulfone groups is 1. The van der Waals surface area contributed by atoms with Gasteiger partial charge in [-0.15, -0.1) is 0 Å². The van der Waals surface area contributed by atoms with Crippen molar-refractivity contribution in [3.63, 3.8) is 0 Å². The quantitative estimate of drug-likeness (QED) is 0.315. The van der Waals surface area contributed by atoms with Crippen molar-refractivity contribution in [1.29, 1.82) is 5.26 Å². The Balaban J connectivity index is 1.47. The van der Waals surface area contributed by atoms with Gasteiger partial charge in [0.15, 0.2) is 5.75 Å². The number of amides is 1. The molecule has 43 heavy (non-hydrogen) atoms. The molecule has 1 unspecified atom stereocenters. The fourth-order valence-electron chi connectivity index (χ4n) is 5.37. The molecule has 1 saturated heterocycles. The summed E-state index contributed by atoms with van der Waals surface area (Å²) in [4.78, 5) is 21.7. The number of hydrogen-bond donors (Lipinski definition) is 0. The average molecular weight is 618 g/mol. The molecule has 6 bridgehead atoms. The Labute approximate surface area is 254 Å². The SMILES string of the molecule is CS(=O)(=O)CC[C@H]1CN2C(=O)CN1Cc1cncn1Cc1ccc(C#N)c(c1)Oc1cccc(c1)Oc1ccc(Cl)cc12. The van der Waals surface area contributed by atoms with Crippen molar-refractivity contribution in [2.24, 2.45) is 0 Å². The Kier molecular flexibility index (Phi) is 7.83. The molecule has 12 heteroatoms. The molecule has 4 heterocycles. The van der Waals surface area contributed by atoms with E-state index >= 15 is 0 Å². The maximum atomic E-state index is 13.7. The van der Waals surface area contributed by atoms with Gasteiger partial charge in [-0.05, 0) is 54.4 Å². The van der Waals surface area contributed by atoms with Gasteiger partial charge in [-0.25, -0.2) is 13.4 Å². The molecular weight excluding hydrogens is 590 g/mol. The van der Waals surface area contributed by atoms with Crippen LogP contribution in [0.25, 0.3) is 0 Å². The molecule has 0 N–H and O–H groups in total. The number of carbonyl (C=O) groups excluding carboxylic acids is 1. The van der Waals surface area contributed by atoms with E-state index in [4.69, 9.17) is 21.1 Å². The van der Waals surface area contributed by atoms with Crippen molar-refractivity contribution in [2.45, 2.75) is 25.6 Å². The second-order valence-electron chi connectivity index (χ2n) is 10.7. The van der Waals surface area contributed by atoms with E-state index < -0.39 is 9.84 Å². The Hall–Kier alpha value is -4.37. The maximum absolute atomic E-state index is 13.7. The first-order valence-electron chi connectivity index (χ1n) is 13.6. The van der Waals surface area contributed by atoms with Crippen molar-refractivity contribution in [2.75, 3.05) is 30.0 Å². The van der Waals surface area contributed by atoms with Crippen LogP contribution in [0.2, 0.25) is 5.02 Å². The number of carbonyl (C=O) groups is 1. The Morgan fingerprint density at radius 3 is 2.58 bits per heavy atom. The molecule has 4 aromatic rings. The molecule has 1 fully saturated rings. The number of rotatable bonds is 3. The zero-order chi connectivity index (χ0) is 30.1.